The molecular formula is C25H29N5O2. The number of esters is 1. The van der Waals surface area contributed by atoms with Gasteiger partial charge in [-0.05, 0) is 58.8 Å². The monoisotopic (exact) mass is 431 g/mol. The topological polar surface area (TPSA) is 73.9 Å². The minimum atomic E-state index is -0.445. The number of pyridine rings is 1. The summed E-state index contributed by atoms with van der Waals surface area (Å²) in [6, 6.07) is 12.5. The summed E-state index contributed by atoms with van der Waals surface area (Å²) in [5.41, 5.74) is 4.75. The van der Waals surface area contributed by atoms with E-state index in [4.69, 9.17) is 9.84 Å². The number of nitrogens with zero attached hydrogens (tertiary/aromatic N) is 5. The number of rotatable bonds is 5. The van der Waals surface area contributed by atoms with Crippen LogP contribution in [0.5, 0.6) is 0 Å². The Morgan fingerprint density at radius 1 is 1.28 bits per heavy atom. The van der Waals surface area contributed by atoms with Crippen molar-refractivity contribution in [2.75, 3.05) is 32.1 Å². The number of carbonyl (C=O) groups excluding carboxylic acids is 1. The molecule has 32 heavy (non-hydrogen) atoms. The van der Waals surface area contributed by atoms with E-state index in [2.05, 4.69) is 42.1 Å². The number of aromatic nitrogens is 2. The van der Waals surface area contributed by atoms with Gasteiger partial charge in [-0.15, -0.1) is 0 Å². The Hall–Kier alpha value is -3.37. The number of hydrogen-bond donors (Lipinski definition) is 0. The first-order valence-corrected chi connectivity index (χ1v) is 11.0. The standard InChI is InChI=1S/C25H29N5O2/c1-6-32-25(31)22-17(3)27-30-23(22)19(15-26)16(2)21(18-11-8-7-9-12-18)24(30)29-14-10-13-20(29)28(4)5/h7-9,11-12,20H,6,10,13-14H2,1-5H3. The van der Waals surface area contributed by atoms with Gasteiger partial charge < -0.3 is 9.64 Å². The van der Waals surface area contributed by atoms with Crippen molar-refractivity contribution in [2.24, 2.45) is 0 Å². The maximum Gasteiger partial charge on any atom is 0.342 e. The molecule has 3 heterocycles. The first kappa shape index (κ1) is 21.8. The molecule has 0 amide bonds. The fourth-order valence-corrected chi connectivity index (χ4v) is 4.82. The maximum absolute atomic E-state index is 12.9. The molecule has 3 aromatic rings. The van der Waals surface area contributed by atoms with Gasteiger partial charge in [0.25, 0.3) is 0 Å². The van der Waals surface area contributed by atoms with E-state index < -0.39 is 5.97 Å². The quantitative estimate of drug-likeness (QED) is 0.565. The summed E-state index contributed by atoms with van der Waals surface area (Å²) in [7, 11) is 4.16. The second kappa shape index (κ2) is 8.64. The van der Waals surface area contributed by atoms with Crippen LogP contribution in [0.1, 0.15) is 46.9 Å². The lowest BCUT2D eigenvalue weighted by Crippen LogP contribution is -2.41. The van der Waals surface area contributed by atoms with Crippen molar-refractivity contribution < 1.29 is 9.53 Å². The first-order valence-electron chi connectivity index (χ1n) is 11.0. The molecule has 166 valence electrons. The Balaban J connectivity index is 2.15. The van der Waals surface area contributed by atoms with Crippen LogP contribution in [0.3, 0.4) is 0 Å². The summed E-state index contributed by atoms with van der Waals surface area (Å²) < 4.78 is 7.13. The molecule has 0 aliphatic carbocycles. The van der Waals surface area contributed by atoms with E-state index in [1.54, 1.807) is 18.4 Å². The first-order chi connectivity index (χ1) is 15.4. The molecule has 1 unspecified atom stereocenters. The van der Waals surface area contributed by atoms with E-state index in [0.717, 1.165) is 41.9 Å². The molecule has 0 spiro atoms. The number of aryl methyl sites for hydroxylation is 1. The van der Waals surface area contributed by atoms with Gasteiger partial charge in [-0.3, -0.25) is 4.90 Å². The lowest BCUT2D eigenvalue weighted by Gasteiger charge is -2.34. The number of hydrogen-bond acceptors (Lipinski definition) is 6. The Labute approximate surface area is 188 Å². The van der Waals surface area contributed by atoms with E-state index in [9.17, 15) is 10.1 Å². The highest BCUT2D eigenvalue weighted by atomic mass is 16.5. The largest absolute Gasteiger partial charge is 0.462 e. The summed E-state index contributed by atoms with van der Waals surface area (Å²) in [4.78, 5) is 17.4. The van der Waals surface area contributed by atoms with Crippen LogP contribution in [0.4, 0.5) is 5.82 Å². The zero-order valence-electron chi connectivity index (χ0n) is 19.3. The highest BCUT2D eigenvalue weighted by molar-refractivity contribution is 6.02. The van der Waals surface area contributed by atoms with Crippen molar-refractivity contribution in [1.82, 2.24) is 14.5 Å². The number of fused-ring (bicyclic) bond motifs is 1. The van der Waals surface area contributed by atoms with E-state index in [1.165, 1.54) is 0 Å². The molecule has 4 rings (SSSR count). The average molecular weight is 432 g/mol. The predicted molar refractivity (Wildman–Crippen MR) is 125 cm³/mol. The molecule has 1 aliphatic rings. The average Bonchev–Trinajstić information content (AvgIpc) is 3.38. The summed E-state index contributed by atoms with van der Waals surface area (Å²) in [6.45, 7) is 6.68. The molecule has 0 saturated carbocycles. The third-order valence-electron chi connectivity index (χ3n) is 6.21. The van der Waals surface area contributed by atoms with E-state index in [1.807, 2.05) is 25.1 Å². The van der Waals surface area contributed by atoms with Crippen molar-refractivity contribution in [3.63, 3.8) is 0 Å². The van der Waals surface area contributed by atoms with Gasteiger partial charge in [0.2, 0.25) is 0 Å². The van der Waals surface area contributed by atoms with Gasteiger partial charge in [-0.25, -0.2) is 9.31 Å². The van der Waals surface area contributed by atoms with Gasteiger partial charge in [0.1, 0.15) is 23.0 Å². The van der Waals surface area contributed by atoms with Crippen molar-refractivity contribution in [2.45, 2.75) is 39.8 Å². The zero-order chi connectivity index (χ0) is 23.0. The second-order valence-electron chi connectivity index (χ2n) is 8.40. The lowest BCUT2D eigenvalue weighted by molar-refractivity contribution is 0.0528. The van der Waals surface area contributed by atoms with Crippen molar-refractivity contribution >= 4 is 17.3 Å². The van der Waals surface area contributed by atoms with Crippen molar-refractivity contribution in [1.29, 1.82) is 5.26 Å². The molecule has 1 aromatic carbocycles. The van der Waals surface area contributed by atoms with Gasteiger partial charge in [0.05, 0.1) is 24.0 Å². The van der Waals surface area contributed by atoms with E-state index >= 15 is 0 Å². The van der Waals surface area contributed by atoms with Crippen LogP contribution in [0, 0.1) is 25.2 Å². The zero-order valence-corrected chi connectivity index (χ0v) is 19.3. The summed E-state index contributed by atoms with van der Waals surface area (Å²) in [5.74, 6) is 0.470. The van der Waals surface area contributed by atoms with Crippen LogP contribution < -0.4 is 4.90 Å². The van der Waals surface area contributed by atoms with E-state index in [-0.39, 0.29) is 12.8 Å². The van der Waals surface area contributed by atoms with Crippen LogP contribution in [0.25, 0.3) is 16.6 Å². The lowest BCUT2D eigenvalue weighted by atomic mass is 9.95. The number of nitriles is 1. The van der Waals surface area contributed by atoms with Crippen molar-refractivity contribution in [3.05, 3.63) is 52.7 Å². The molecular weight excluding hydrogens is 402 g/mol. The Morgan fingerprint density at radius 2 is 2.00 bits per heavy atom. The molecule has 0 bridgehead atoms. The smallest absolute Gasteiger partial charge is 0.342 e. The van der Waals surface area contributed by atoms with Gasteiger partial charge >= 0.3 is 5.97 Å². The van der Waals surface area contributed by atoms with Crippen LogP contribution >= 0.6 is 0 Å². The molecule has 7 nitrogen and oxygen atoms in total. The van der Waals surface area contributed by atoms with Crippen LogP contribution in [0.15, 0.2) is 30.3 Å². The van der Waals surface area contributed by atoms with Crippen LogP contribution in [-0.2, 0) is 4.74 Å². The molecule has 0 N–H and O–H groups in total. The minimum Gasteiger partial charge on any atom is -0.462 e. The maximum atomic E-state index is 12.9. The number of ether oxygens (including phenoxy) is 1. The Kier molecular flexibility index (Phi) is 5.90. The molecule has 7 heteroatoms. The number of anilines is 1. The fourth-order valence-electron chi connectivity index (χ4n) is 4.82. The molecule has 1 fully saturated rings. The molecule has 0 radical (unpaired) electrons. The number of benzene rings is 1. The van der Waals surface area contributed by atoms with Gasteiger partial charge in [0.15, 0.2) is 0 Å². The second-order valence-corrected chi connectivity index (χ2v) is 8.40. The van der Waals surface area contributed by atoms with E-state index in [0.29, 0.717) is 22.3 Å². The van der Waals surface area contributed by atoms with Crippen LogP contribution in [0.2, 0.25) is 0 Å². The fraction of sp³-hybridized carbons (Fsp3) is 0.400. The SMILES string of the molecule is CCOC(=O)c1c(C)nn2c(N3CCCC3N(C)C)c(-c3ccccc3)c(C)c(C#N)c12. The Morgan fingerprint density at radius 3 is 2.62 bits per heavy atom. The minimum absolute atomic E-state index is 0.198. The number of carbonyl (C=O) groups is 1. The summed E-state index contributed by atoms with van der Waals surface area (Å²) in [5, 5.41) is 15.0. The van der Waals surface area contributed by atoms with Crippen LogP contribution in [-0.4, -0.2) is 53.9 Å². The van der Waals surface area contributed by atoms with Gasteiger partial charge in [0, 0.05) is 12.1 Å². The Bertz CT molecular complexity index is 1210. The third-order valence-corrected chi connectivity index (χ3v) is 6.21. The highest BCUT2D eigenvalue weighted by Crippen LogP contribution is 2.41. The highest BCUT2D eigenvalue weighted by Gasteiger charge is 2.34. The third kappa shape index (κ3) is 3.41. The van der Waals surface area contributed by atoms with Gasteiger partial charge in [-0.1, -0.05) is 30.3 Å². The molecule has 2 aromatic heterocycles. The summed E-state index contributed by atoms with van der Waals surface area (Å²) >= 11 is 0. The molecule has 1 atom stereocenters. The normalized spacial score (nSPS) is 16.0. The summed E-state index contributed by atoms with van der Waals surface area (Å²) in [6.07, 6.45) is 2.29. The van der Waals surface area contributed by atoms with Crippen molar-refractivity contribution in [3.8, 4) is 17.2 Å². The predicted octanol–water partition coefficient (Wildman–Crippen LogP) is 4.15. The van der Waals surface area contributed by atoms with Gasteiger partial charge in [-0.2, -0.15) is 10.4 Å². The molecule has 1 aliphatic heterocycles. The molecule has 1 saturated heterocycles.